The van der Waals surface area contributed by atoms with Crippen LogP contribution in [0, 0.1) is 17.8 Å². The highest BCUT2D eigenvalue weighted by Gasteiger charge is 2.33. The molecule has 0 bridgehead atoms. The molecule has 2 rings (SSSR count). The van der Waals surface area contributed by atoms with Gasteiger partial charge in [0.15, 0.2) is 11.6 Å². The number of carbonyl (C=O) groups excluding carboxylic acids is 2. The van der Waals surface area contributed by atoms with Crippen molar-refractivity contribution in [2.45, 2.75) is 25.8 Å². The summed E-state index contributed by atoms with van der Waals surface area (Å²) in [6, 6.07) is 16.8. The number of ketones is 2. The quantitative estimate of drug-likeness (QED) is 0.575. The highest BCUT2D eigenvalue weighted by Crippen LogP contribution is 2.21. The van der Waals surface area contributed by atoms with Gasteiger partial charge >= 0.3 is 0 Å². The van der Waals surface area contributed by atoms with Crippen LogP contribution in [0.5, 0.6) is 0 Å². The average Bonchev–Trinajstić information content (AvgIpc) is 2.69. The molecule has 4 heteroatoms. The Kier molecular flexibility index (Phi) is 7.45. The minimum Gasteiger partial charge on any atom is -0.389 e. The van der Waals surface area contributed by atoms with Gasteiger partial charge in [-0.2, -0.15) is 0 Å². The first kappa shape index (κ1) is 21.3. The van der Waals surface area contributed by atoms with Crippen LogP contribution < -0.4 is 5.73 Å². The van der Waals surface area contributed by atoms with Gasteiger partial charge in [-0.05, 0) is 43.7 Å². The van der Waals surface area contributed by atoms with Crippen LogP contribution in [0.2, 0.25) is 0 Å². The number of nitrogens with two attached hydrogens (primary N) is 1. The fraction of sp³-hybridized carbons (Fsp3) is 0.250. The van der Waals surface area contributed by atoms with Crippen molar-refractivity contribution in [2.24, 2.45) is 11.7 Å². The smallest absolute Gasteiger partial charge is 0.163 e. The third-order valence-corrected chi connectivity index (χ3v) is 4.41. The Morgan fingerprint density at radius 1 is 1.11 bits per heavy atom. The molecular weight excluding hydrogens is 350 g/mol. The average molecular weight is 375 g/mol. The predicted molar refractivity (Wildman–Crippen MR) is 112 cm³/mol. The first-order valence-electron chi connectivity index (χ1n) is 9.10. The molecule has 0 aromatic heterocycles. The standard InChI is InChI=1S/C24H25NO3/c1-24(2,25)21(23(28)17-26)16-22(27)20-14-12-19(13-15-20)11-7-6-10-18-8-4-3-5-9-18/h3-6,8-10,12-15,21,26H,16-17,25H2,1-2H3/b10-6+. The van der Waals surface area contributed by atoms with Crippen molar-refractivity contribution in [1.29, 1.82) is 0 Å². The Morgan fingerprint density at radius 3 is 2.32 bits per heavy atom. The number of benzene rings is 2. The molecule has 28 heavy (non-hydrogen) atoms. The molecule has 1 unspecified atom stereocenters. The fourth-order valence-electron chi connectivity index (χ4n) is 2.77. The Balaban J connectivity index is 2.04. The van der Waals surface area contributed by atoms with Crippen LogP contribution in [0.25, 0.3) is 6.08 Å². The minimum absolute atomic E-state index is 0.0340. The third kappa shape index (κ3) is 6.31. The summed E-state index contributed by atoms with van der Waals surface area (Å²) in [6.45, 7) is 2.74. The van der Waals surface area contributed by atoms with Crippen molar-refractivity contribution in [1.82, 2.24) is 0 Å². The third-order valence-electron chi connectivity index (χ3n) is 4.41. The van der Waals surface area contributed by atoms with E-state index in [2.05, 4.69) is 11.8 Å². The van der Waals surface area contributed by atoms with Crippen LogP contribution in [0.1, 0.15) is 41.8 Å². The van der Waals surface area contributed by atoms with Crippen LogP contribution in [0.15, 0.2) is 60.7 Å². The summed E-state index contributed by atoms with van der Waals surface area (Å²) in [5.74, 6) is 4.65. The number of Topliss-reactive ketones (excluding diaryl/α,β-unsaturated/α-hetero) is 2. The maximum Gasteiger partial charge on any atom is 0.163 e. The lowest BCUT2D eigenvalue weighted by Crippen LogP contribution is -2.46. The fourth-order valence-corrected chi connectivity index (χ4v) is 2.77. The molecule has 0 spiro atoms. The molecular formula is C24H25NO3. The number of allylic oxidation sites excluding steroid dienone is 1. The molecule has 0 aliphatic carbocycles. The van der Waals surface area contributed by atoms with Gasteiger partial charge in [-0.15, -0.1) is 0 Å². The summed E-state index contributed by atoms with van der Waals surface area (Å²) in [5.41, 5.74) is 7.48. The van der Waals surface area contributed by atoms with Crippen molar-refractivity contribution >= 4 is 17.6 Å². The molecule has 0 saturated carbocycles. The van der Waals surface area contributed by atoms with Gasteiger partial charge in [0.2, 0.25) is 0 Å². The molecule has 1 atom stereocenters. The van der Waals surface area contributed by atoms with Crippen molar-refractivity contribution in [3.63, 3.8) is 0 Å². The highest BCUT2D eigenvalue weighted by atomic mass is 16.3. The Labute approximate surface area is 166 Å². The van der Waals surface area contributed by atoms with E-state index in [-0.39, 0.29) is 12.2 Å². The van der Waals surface area contributed by atoms with Gasteiger partial charge in [0.1, 0.15) is 6.61 Å². The molecule has 0 amide bonds. The SMILES string of the molecule is CC(C)(N)C(CC(=O)c1ccc(C#C/C=C/c2ccccc2)cc1)C(=O)CO. The van der Waals surface area contributed by atoms with E-state index in [0.29, 0.717) is 5.56 Å². The minimum atomic E-state index is -0.883. The van der Waals surface area contributed by atoms with Gasteiger partial charge in [0.25, 0.3) is 0 Å². The number of aliphatic hydroxyl groups is 1. The number of hydrogen-bond donors (Lipinski definition) is 2. The summed E-state index contributed by atoms with van der Waals surface area (Å²) in [5, 5.41) is 9.13. The van der Waals surface area contributed by atoms with Crippen molar-refractivity contribution < 1.29 is 14.7 Å². The lowest BCUT2D eigenvalue weighted by molar-refractivity contribution is -0.127. The van der Waals surface area contributed by atoms with Crippen LogP contribution in [-0.2, 0) is 4.79 Å². The van der Waals surface area contributed by atoms with Crippen LogP contribution in [0.4, 0.5) is 0 Å². The topological polar surface area (TPSA) is 80.4 Å². The molecule has 2 aromatic carbocycles. The number of carbonyl (C=O) groups is 2. The second-order valence-corrected chi connectivity index (χ2v) is 7.22. The van der Waals surface area contributed by atoms with E-state index in [1.165, 1.54) is 0 Å². The zero-order valence-electron chi connectivity index (χ0n) is 16.2. The number of rotatable bonds is 7. The van der Waals surface area contributed by atoms with E-state index in [9.17, 15) is 9.59 Å². The number of hydrogen-bond acceptors (Lipinski definition) is 4. The molecule has 0 saturated heterocycles. The zero-order chi connectivity index (χ0) is 20.6. The van der Waals surface area contributed by atoms with Gasteiger partial charge in [0, 0.05) is 29.0 Å². The highest BCUT2D eigenvalue weighted by molar-refractivity contribution is 5.99. The van der Waals surface area contributed by atoms with Gasteiger partial charge < -0.3 is 10.8 Å². The van der Waals surface area contributed by atoms with Crippen molar-refractivity contribution in [3.8, 4) is 11.8 Å². The Morgan fingerprint density at radius 2 is 1.75 bits per heavy atom. The second kappa shape index (κ2) is 9.80. The molecule has 0 aliphatic rings. The van der Waals surface area contributed by atoms with E-state index >= 15 is 0 Å². The summed E-state index contributed by atoms with van der Waals surface area (Å²) >= 11 is 0. The van der Waals surface area contributed by atoms with E-state index in [1.807, 2.05) is 36.4 Å². The maximum absolute atomic E-state index is 12.5. The Bertz CT molecular complexity index is 895. The first-order chi connectivity index (χ1) is 13.3. The van der Waals surface area contributed by atoms with E-state index < -0.39 is 23.8 Å². The predicted octanol–water partition coefficient (Wildman–Crippen LogP) is 3.24. The zero-order valence-corrected chi connectivity index (χ0v) is 16.2. The molecule has 0 aliphatic heterocycles. The van der Waals surface area contributed by atoms with E-state index in [4.69, 9.17) is 10.8 Å². The maximum atomic E-state index is 12.5. The molecule has 144 valence electrons. The van der Waals surface area contributed by atoms with Gasteiger partial charge in [-0.1, -0.05) is 54.3 Å². The first-order valence-corrected chi connectivity index (χ1v) is 9.10. The van der Waals surface area contributed by atoms with E-state index in [0.717, 1.165) is 11.1 Å². The summed E-state index contributed by atoms with van der Waals surface area (Å²) < 4.78 is 0. The van der Waals surface area contributed by atoms with E-state index in [1.54, 1.807) is 44.2 Å². The lowest BCUT2D eigenvalue weighted by Gasteiger charge is -2.28. The van der Waals surface area contributed by atoms with Crippen LogP contribution >= 0.6 is 0 Å². The van der Waals surface area contributed by atoms with Crippen molar-refractivity contribution in [3.05, 3.63) is 77.4 Å². The monoisotopic (exact) mass is 375 g/mol. The molecule has 0 fully saturated rings. The number of aliphatic hydroxyl groups excluding tert-OH is 1. The van der Waals surface area contributed by atoms with Crippen LogP contribution in [-0.4, -0.2) is 28.8 Å². The van der Waals surface area contributed by atoms with Gasteiger partial charge in [-0.25, -0.2) is 0 Å². The van der Waals surface area contributed by atoms with Crippen molar-refractivity contribution in [2.75, 3.05) is 6.61 Å². The summed E-state index contributed by atoms with van der Waals surface area (Å²) in [4.78, 5) is 24.4. The molecule has 4 nitrogen and oxygen atoms in total. The molecule has 2 aromatic rings. The summed E-state index contributed by atoms with van der Waals surface area (Å²) in [6.07, 6.45) is 3.67. The molecule has 0 heterocycles. The second-order valence-electron chi connectivity index (χ2n) is 7.22. The molecule has 0 radical (unpaired) electrons. The Hall–Kier alpha value is -3.00. The lowest BCUT2D eigenvalue weighted by atomic mass is 9.80. The van der Waals surface area contributed by atoms with Gasteiger partial charge in [-0.3, -0.25) is 9.59 Å². The summed E-state index contributed by atoms with van der Waals surface area (Å²) in [7, 11) is 0. The normalized spacial score (nSPS) is 12.3. The van der Waals surface area contributed by atoms with Gasteiger partial charge in [0.05, 0.1) is 0 Å². The largest absolute Gasteiger partial charge is 0.389 e. The molecule has 3 N–H and O–H groups in total. The van der Waals surface area contributed by atoms with Crippen LogP contribution in [0.3, 0.4) is 0 Å².